The zero-order valence-corrected chi connectivity index (χ0v) is 27.0. The van der Waals surface area contributed by atoms with E-state index in [1.54, 1.807) is 31.2 Å². The Hall–Kier alpha value is -4.30. The molecule has 0 bridgehead atoms. The highest BCUT2D eigenvalue weighted by Crippen LogP contribution is 2.33. The molecule has 244 valence electrons. The van der Waals surface area contributed by atoms with Crippen molar-refractivity contribution < 1.29 is 23.9 Å². The Labute approximate surface area is 272 Å². The number of hydrogen-bond acceptors (Lipinski definition) is 7. The second-order valence-corrected chi connectivity index (χ2v) is 12.8. The van der Waals surface area contributed by atoms with E-state index >= 15 is 0 Å². The highest BCUT2D eigenvalue weighted by Gasteiger charge is 2.50. The van der Waals surface area contributed by atoms with Gasteiger partial charge in [0.2, 0.25) is 5.91 Å². The first kappa shape index (κ1) is 34.6. The Balaban J connectivity index is 1.57. The summed E-state index contributed by atoms with van der Waals surface area (Å²) in [6.07, 6.45) is 4.11. The van der Waals surface area contributed by atoms with E-state index in [2.05, 4.69) is 12.2 Å². The second-order valence-electron chi connectivity index (χ2n) is 12.8. The number of nitrogens with one attached hydrogen (secondary N) is 1. The molecule has 0 spiro atoms. The topological polar surface area (TPSA) is 145 Å². The standard InChI is InChI=1S/C38H47N3O5/c1-3-4-6-11-33(42)23-30(21-27-12-16-31(39)17-13-27)37(45)41-34(22-28-14-18-32(40)19-15-28)35(43)24-29(36(44)38(2)25-46-38)20-26-9-7-5-8-10-26/h5,7-10,12-19,29-30,34H,3-4,6,11,20-25,39-40H2,1-2H3,(H,41,45)/t29-,30-,34+,38-/m1/s1. The van der Waals surface area contributed by atoms with E-state index in [1.165, 1.54) is 0 Å². The number of nitrogen functional groups attached to an aromatic ring is 2. The maximum atomic E-state index is 14.1. The lowest BCUT2D eigenvalue weighted by molar-refractivity contribution is -0.134. The minimum absolute atomic E-state index is 0.0247. The molecule has 1 aliphatic rings. The summed E-state index contributed by atoms with van der Waals surface area (Å²) in [5.41, 5.74) is 14.7. The van der Waals surface area contributed by atoms with Crippen molar-refractivity contribution in [3.63, 3.8) is 0 Å². The molecule has 4 rings (SSSR count). The molecule has 8 nitrogen and oxygen atoms in total. The number of unbranched alkanes of at least 4 members (excludes halogenated alkanes) is 2. The van der Waals surface area contributed by atoms with Gasteiger partial charge in [-0.1, -0.05) is 74.4 Å². The fraction of sp³-hybridized carbons (Fsp3) is 0.421. The lowest BCUT2D eigenvalue weighted by Gasteiger charge is -2.25. The van der Waals surface area contributed by atoms with Crippen LogP contribution in [0.2, 0.25) is 0 Å². The third kappa shape index (κ3) is 10.4. The van der Waals surface area contributed by atoms with E-state index in [-0.39, 0.29) is 42.5 Å². The average molecular weight is 626 g/mol. The first-order valence-corrected chi connectivity index (χ1v) is 16.3. The van der Waals surface area contributed by atoms with Crippen molar-refractivity contribution in [1.29, 1.82) is 0 Å². The highest BCUT2D eigenvalue weighted by molar-refractivity contribution is 5.97. The number of hydrogen-bond donors (Lipinski definition) is 3. The van der Waals surface area contributed by atoms with Gasteiger partial charge in [-0.2, -0.15) is 0 Å². The zero-order chi connectivity index (χ0) is 33.1. The Morgan fingerprint density at radius 2 is 1.30 bits per heavy atom. The highest BCUT2D eigenvalue weighted by atomic mass is 16.6. The number of amides is 1. The van der Waals surface area contributed by atoms with E-state index in [0.29, 0.717) is 37.2 Å². The predicted octanol–water partition coefficient (Wildman–Crippen LogP) is 5.45. The summed E-state index contributed by atoms with van der Waals surface area (Å²) < 4.78 is 5.48. The van der Waals surface area contributed by atoms with Gasteiger partial charge in [-0.3, -0.25) is 19.2 Å². The van der Waals surface area contributed by atoms with Crippen LogP contribution in [-0.2, 0) is 43.2 Å². The quantitative estimate of drug-likeness (QED) is 0.0912. The molecule has 0 unspecified atom stereocenters. The SMILES string of the molecule is CCCCCC(=O)C[C@@H](Cc1ccc(N)cc1)C(=O)N[C@@H](Cc1ccc(N)cc1)C(=O)C[C@@H](Cc1ccccc1)C(=O)[C@@]1(C)CO1. The molecule has 0 radical (unpaired) electrons. The number of carbonyl (C=O) groups excluding carboxylic acids is 4. The van der Waals surface area contributed by atoms with Gasteiger partial charge in [0.15, 0.2) is 11.6 Å². The summed E-state index contributed by atoms with van der Waals surface area (Å²) in [6.45, 7) is 4.16. The molecule has 1 heterocycles. The van der Waals surface area contributed by atoms with E-state index in [1.807, 2.05) is 54.6 Å². The first-order valence-electron chi connectivity index (χ1n) is 16.3. The number of ketones is 3. The van der Waals surface area contributed by atoms with Gasteiger partial charge >= 0.3 is 0 Å². The van der Waals surface area contributed by atoms with Crippen LogP contribution in [0.15, 0.2) is 78.9 Å². The summed E-state index contributed by atoms with van der Waals surface area (Å²) >= 11 is 0. The van der Waals surface area contributed by atoms with Crippen LogP contribution in [0.3, 0.4) is 0 Å². The lowest BCUT2D eigenvalue weighted by atomic mass is 9.83. The molecule has 3 aromatic carbocycles. The Kier molecular flexibility index (Phi) is 12.3. The van der Waals surface area contributed by atoms with E-state index in [0.717, 1.165) is 36.0 Å². The molecule has 3 aromatic rings. The Morgan fingerprint density at radius 1 is 0.761 bits per heavy atom. The van der Waals surface area contributed by atoms with Crippen LogP contribution in [0.25, 0.3) is 0 Å². The van der Waals surface area contributed by atoms with Gasteiger partial charge in [-0.25, -0.2) is 0 Å². The minimum Gasteiger partial charge on any atom is -0.399 e. The van der Waals surface area contributed by atoms with Gasteiger partial charge in [-0.05, 0) is 73.6 Å². The van der Waals surface area contributed by atoms with E-state index < -0.39 is 23.5 Å². The van der Waals surface area contributed by atoms with Gasteiger partial charge in [0, 0.05) is 42.5 Å². The number of ether oxygens (including phenoxy) is 1. The normalized spacial score (nSPS) is 17.4. The first-order chi connectivity index (χ1) is 22.1. The van der Waals surface area contributed by atoms with Gasteiger partial charge in [0.25, 0.3) is 0 Å². The number of benzene rings is 3. The molecular formula is C38H47N3O5. The summed E-state index contributed by atoms with van der Waals surface area (Å²) in [5, 5.41) is 3.01. The number of epoxide rings is 1. The maximum Gasteiger partial charge on any atom is 0.224 e. The smallest absolute Gasteiger partial charge is 0.224 e. The molecule has 1 saturated heterocycles. The molecule has 8 heteroatoms. The van der Waals surface area contributed by atoms with Crippen LogP contribution in [0.4, 0.5) is 11.4 Å². The van der Waals surface area contributed by atoms with Gasteiger partial charge in [0.05, 0.1) is 12.6 Å². The molecule has 1 amide bonds. The van der Waals surface area contributed by atoms with Crippen LogP contribution < -0.4 is 16.8 Å². The average Bonchev–Trinajstić information content (AvgIpc) is 3.80. The van der Waals surface area contributed by atoms with Crippen molar-refractivity contribution in [3.8, 4) is 0 Å². The number of anilines is 2. The molecule has 1 aliphatic heterocycles. The van der Waals surface area contributed by atoms with E-state index in [9.17, 15) is 19.2 Å². The van der Waals surface area contributed by atoms with Gasteiger partial charge in [-0.15, -0.1) is 0 Å². The fourth-order valence-corrected chi connectivity index (χ4v) is 5.79. The molecule has 5 N–H and O–H groups in total. The maximum absolute atomic E-state index is 14.1. The van der Waals surface area contributed by atoms with Crippen molar-refractivity contribution in [1.82, 2.24) is 5.32 Å². The van der Waals surface area contributed by atoms with Crippen LogP contribution in [0.5, 0.6) is 0 Å². The number of carbonyl (C=O) groups is 4. The molecule has 46 heavy (non-hydrogen) atoms. The summed E-state index contributed by atoms with van der Waals surface area (Å²) in [4.78, 5) is 54.6. The van der Waals surface area contributed by atoms with Crippen molar-refractivity contribution in [2.75, 3.05) is 18.1 Å². The van der Waals surface area contributed by atoms with Crippen LogP contribution >= 0.6 is 0 Å². The zero-order valence-electron chi connectivity index (χ0n) is 27.0. The number of Topliss-reactive ketones (excluding diaryl/α,β-unsaturated/α-hetero) is 3. The summed E-state index contributed by atoms with van der Waals surface area (Å²) in [5.74, 6) is -1.97. The number of rotatable bonds is 19. The minimum atomic E-state index is -0.903. The van der Waals surface area contributed by atoms with Crippen molar-refractivity contribution in [2.24, 2.45) is 11.8 Å². The largest absolute Gasteiger partial charge is 0.399 e. The molecular weight excluding hydrogens is 578 g/mol. The van der Waals surface area contributed by atoms with Gasteiger partial charge in [0.1, 0.15) is 11.4 Å². The number of nitrogens with two attached hydrogens (primary N) is 2. The molecule has 0 aromatic heterocycles. The molecule has 4 atom stereocenters. The monoisotopic (exact) mass is 625 g/mol. The van der Waals surface area contributed by atoms with E-state index in [4.69, 9.17) is 16.2 Å². The van der Waals surface area contributed by atoms with Crippen molar-refractivity contribution >= 4 is 34.6 Å². The summed E-state index contributed by atoms with van der Waals surface area (Å²) in [6, 6.07) is 23.1. The summed E-state index contributed by atoms with van der Waals surface area (Å²) in [7, 11) is 0. The Bertz CT molecular complexity index is 1470. The van der Waals surface area contributed by atoms with Crippen molar-refractivity contribution in [3.05, 3.63) is 95.6 Å². The Morgan fingerprint density at radius 3 is 1.87 bits per heavy atom. The molecule has 0 saturated carbocycles. The van der Waals surface area contributed by atoms with Crippen LogP contribution in [-0.4, -0.2) is 41.5 Å². The van der Waals surface area contributed by atoms with Crippen molar-refractivity contribution in [2.45, 2.75) is 83.3 Å². The third-order valence-corrected chi connectivity index (χ3v) is 8.73. The van der Waals surface area contributed by atoms with Crippen LogP contribution in [0.1, 0.15) is 69.1 Å². The predicted molar refractivity (Wildman–Crippen MR) is 181 cm³/mol. The van der Waals surface area contributed by atoms with Crippen LogP contribution in [0, 0.1) is 11.8 Å². The second kappa shape index (κ2) is 16.3. The molecule has 0 aliphatic carbocycles. The fourth-order valence-electron chi connectivity index (χ4n) is 5.79. The molecule has 1 fully saturated rings. The van der Waals surface area contributed by atoms with Gasteiger partial charge < -0.3 is 21.5 Å². The third-order valence-electron chi connectivity index (χ3n) is 8.73. The lowest BCUT2D eigenvalue weighted by Crippen LogP contribution is -2.47.